The summed E-state index contributed by atoms with van der Waals surface area (Å²) in [4.78, 5) is 0. The van der Waals surface area contributed by atoms with Gasteiger partial charge in [-0.3, -0.25) is 0 Å². The quantitative estimate of drug-likeness (QED) is 0.526. The van der Waals surface area contributed by atoms with Gasteiger partial charge in [-0.25, -0.2) is 0 Å². The van der Waals surface area contributed by atoms with Crippen LogP contribution in [0.25, 0.3) is 0 Å². The third kappa shape index (κ3) is 0.858. The van der Waals surface area contributed by atoms with E-state index in [9.17, 15) is 0 Å². The number of epoxide rings is 1. The molecule has 0 saturated carbocycles. The van der Waals surface area contributed by atoms with Crippen LogP contribution in [-0.2, 0) is 4.74 Å². The molecule has 0 aromatic rings. The molecule has 48 valence electrons. The minimum Gasteiger partial charge on any atom is -0.365 e. The average molecular weight is 115 g/mol. The SMILES string of the molecule is CNCC1(C)OC1C. The van der Waals surface area contributed by atoms with Crippen molar-refractivity contribution in [3.05, 3.63) is 0 Å². The molecule has 0 radical (unpaired) electrons. The summed E-state index contributed by atoms with van der Waals surface area (Å²) < 4.78 is 5.28. The summed E-state index contributed by atoms with van der Waals surface area (Å²) >= 11 is 0. The van der Waals surface area contributed by atoms with E-state index >= 15 is 0 Å². The van der Waals surface area contributed by atoms with Crippen LogP contribution in [0.2, 0.25) is 0 Å². The van der Waals surface area contributed by atoms with Crippen LogP contribution in [0, 0.1) is 0 Å². The van der Waals surface area contributed by atoms with Gasteiger partial charge in [0.05, 0.1) is 6.10 Å². The molecule has 2 unspecified atom stereocenters. The van der Waals surface area contributed by atoms with Gasteiger partial charge in [0.1, 0.15) is 5.60 Å². The molecule has 1 N–H and O–H groups in total. The van der Waals surface area contributed by atoms with Crippen molar-refractivity contribution in [3.8, 4) is 0 Å². The summed E-state index contributed by atoms with van der Waals surface area (Å²) in [6.07, 6.45) is 0.454. The highest BCUT2D eigenvalue weighted by atomic mass is 16.6. The van der Waals surface area contributed by atoms with Crippen molar-refractivity contribution in [2.75, 3.05) is 13.6 Å². The Morgan fingerprint density at radius 2 is 2.25 bits per heavy atom. The average Bonchev–Trinajstić information content (AvgIpc) is 2.16. The van der Waals surface area contributed by atoms with Crippen molar-refractivity contribution in [3.63, 3.8) is 0 Å². The van der Waals surface area contributed by atoms with Gasteiger partial charge < -0.3 is 10.1 Å². The minimum atomic E-state index is 0.148. The van der Waals surface area contributed by atoms with Gasteiger partial charge in [-0.05, 0) is 20.9 Å². The second kappa shape index (κ2) is 1.71. The van der Waals surface area contributed by atoms with Crippen LogP contribution in [0.4, 0.5) is 0 Å². The fraction of sp³-hybridized carbons (Fsp3) is 1.00. The van der Waals surface area contributed by atoms with E-state index < -0.39 is 0 Å². The molecule has 2 atom stereocenters. The molecule has 0 bridgehead atoms. The number of hydrogen-bond acceptors (Lipinski definition) is 2. The molecule has 2 nitrogen and oxygen atoms in total. The predicted molar refractivity (Wildman–Crippen MR) is 32.9 cm³/mol. The van der Waals surface area contributed by atoms with Crippen molar-refractivity contribution < 1.29 is 4.74 Å². The Morgan fingerprint density at radius 1 is 1.75 bits per heavy atom. The van der Waals surface area contributed by atoms with E-state index in [1.54, 1.807) is 0 Å². The highest BCUT2D eigenvalue weighted by molar-refractivity contribution is 4.97. The monoisotopic (exact) mass is 115 g/mol. The maximum absolute atomic E-state index is 5.28. The van der Waals surface area contributed by atoms with Crippen LogP contribution < -0.4 is 5.32 Å². The molecule has 0 aromatic carbocycles. The van der Waals surface area contributed by atoms with Gasteiger partial charge in [-0.15, -0.1) is 0 Å². The Balaban J connectivity index is 2.25. The molecule has 1 rings (SSSR count). The summed E-state index contributed by atoms with van der Waals surface area (Å²) in [6, 6.07) is 0. The van der Waals surface area contributed by atoms with Crippen LogP contribution in [0.5, 0.6) is 0 Å². The maximum Gasteiger partial charge on any atom is 0.104 e. The van der Waals surface area contributed by atoms with E-state index in [0.717, 1.165) is 6.54 Å². The highest BCUT2D eigenvalue weighted by Crippen LogP contribution is 2.34. The molecule has 0 amide bonds. The van der Waals surface area contributed by atoms with E-state index in [0.29, 0.717) is 6.10 Å². The van der Waals surface area contributed by atoms with Gasteiger partial charge >= 0.3 is 0 Å². The predicted octanol–water partition coefficient (Wildman–Crippen LogP) is 0.383. The first-order valence-electron chi connectivity index (χ1n) is 3.01. The van der Waals surface area contributed by atoms with Crippen LogP contribution >= 0.6 is 0 Å². The Bertz CT molecular complexity index is 94.5. The molecule has 0 spiro atoms. The third-order valence-electron chi connectivity index (χ3n) is 1.78. The van der Waals surface area contributed by atoms with Gasteiger partial charge in [0.25, 0.3) is 0 Å². The van der Waals surface area contributed by atoms with Crippen LogP contribution in [0.3, 0.4) is 0 Å². The van der Waals surface area contributed by atoms with E-state index in [1.165, 1.54) is 0 Å². The normalized spacial score (nSPS) is 44.6. The topological polar surface area (TPSA) is 24.6 Å². The zero-order chi connectivity index (χ0) is 6.20. The smallest absolute Gasteiger partial charge is 0.104 e. The first kappa shape index (κ1) is 6.05. The van der Waals surface area contributed by atoms with Crippen molar-refractivity contribution >= 4 is 0 Å². The third-order valence-corrected chi connectivity index (χ3v) is 1.78. The summed E-state index contributed by atoms with van der Waals surface area (Å²) in [5, 5.41) is 3.08. The number of likely N-dealkylation sites (N-methyl/N-ethyl adjacent to an activating group) is 1. The molecule has 1 heterocycles. The Labute approximate surface area is 50.2 Å². The fourth-order valence-corrected chi connectivity index (χ4v) is 0.906. The van der Waals surface area contributed by atoms with Gasteiger partial charge in [0, 0.05) is 6.54 Å². The summed E-state index contributed by atoms with van der Waals surface area (Å²) in [6.45, 7) is 5.18. The van der Waals surface area contributed by atoms with Crippen molar-refractivity contribution in [2.45, 2.75) is 25.6 Å². The molecule has 1 saturated heterocycles. The van der Waals surface area contributed by atoms with Crippen LogP contribution in [0.1, 0.15) is 13.8 Å². The summed E-state index contributed by atoms with van der Waals surface area (Å²) in [7, 11) is 1.94. The van der Waals surface area contributed by atoms with E-state index in [2.05, 4.69) is 19.2 Å². The zero-order valence-electron chi connectivity index (χ0n) is 5.69. The molecule has 1 aliphatic heterocycles. The lowest BCUT2D eigenvalue weighted by Gasteiger charge is -2.01. The molecule has 0 aromatic heterocycles. The molecule has 2 heteroatoms. The van der Waals surface area contributed by atoms with Crippen LogP contribution in [-0.4, -0.2) is 25.3 Å². The number of hydrogen-bond donors (Lipinski definition) is 1. The summed E-state index contributed by atoms with van der Waals surface area (Å²) in [5.41, 5.74) is 0.148. The molecular formula is C6H13NO. The largest absolute Gasteiger partial charge is 0.365 e. The second-order valence-electron chi connectivity index (χ2n) is 2.60. The highest BCUT2D eigenvalue weighted by Gasteiger charge is 2.47. The fourth-order valence-electron chi connectivity index (χ4n) is 0.906. The van der Waals surface area contributed by atoms with Gasteiger partial charge in [0.15, 0.2) is 0 Å². The number of nitrogens with one attached hydrogen (secondary N) is 1. The standard InChI is InChI=1S/C6H13NO/c1-5-6(2,8-5)4-7-3/h5,7H,4H2,1-3H3. The van der Waals surface area contributed by atoms with Gasteiger partial charge in [-0.1, -0.05) is 0 Å². The second-order valence-corrected chi connectivity index (χ2v) is 2.60. The van der Waals surface area contributed by atoms with E-state index in [-0.39, 0.29) is 5.60 Å². The minimum absolute atomic E-state index is 0.148. The van der Waals surface area contributed by atoms with E-state index in [1.807, 2.05) is 7.05 Å². The molecule has 8 heavy (non-hydrogen) atoms. The van der Waals surface area contributed by atoms with Gasteiger partial charge in [0.2, 0.25) is 0 Å². The Morgan fingerprint density at radius 3 is 2.38 bits per heavy atom. The maximum atomic E-state index is 5.28. The van der Waals surface area contributed by atoms with Crippen molar-refractivity contribution in [2.24, 2.45) is 0 Å². The summed E-state index contributed by atoms with van der Waals surface area (Å²) in [5.74, 6) is 0. The number of ether oxygens (including phenoxy) is 1. The lowest BCUT2D eigenvalue weighted by molar-refractivity contribution is 0.307. The number of rotatable bonds is 2. The Kier molecular flexibility index (Phi) is 1.29. The molecule has 1 fully saturated rings. The van der Waals surface area contributed by atoms with Crippen LogP contribution in [0.15, 0.2) is 0 Å². The van der Waals surface area contributed by atoms with Crippen molar-refractivity contribution in [1.29, 1.82) is 0 Å². The van der Waals surface area contributed by atoms with Gasteiger partial charge in [-0.2, -0.15) is 0 Å². The zero-order valence-corrected chi connectivity index (χ0v) is 5.69. The Hall–Kier alpha value is -0.0800. The first-order chi connectivity index (χ1) is 3.69. The molecule has 0 aliphatic carbocycles. The lowest BCUT2D eigenvalue weighted by Crippen LogP contribution is -2.25. The lowest BCUT2D eigenvalue weighted by atomic mass is 10.1. The first-order valence-corrected chi connectivity index (χ1v) is 3.01. The molecule has 1 aliphatic rings. The molecular weight excluding hydrogens is 102 g/mol. The van der Waals surface area contributed by atoms with Crippen molar-refractivity contribution in [1.82, 2.24) is 5.32 Å². The van der Waals surface area contributed by atoms with E-state index in [4.69, 9.17) is 4.74 Å².